The molecule has 1 amide bonds. The molecule has 0 aliphatic heterocycles. The summed E-state index contributed by atoms with van der Waals surface area (Å²) in [7, 11) is 0. The van der Waals surface area contributed by atoms with E-state index in [0.29, 0.717) is 15.4 Å². The summed E-state index contributed by atoms with van der Waals surface area (Å²) < 4.78 is 0. The van der Waals surface area contributed by atoms with E-state index in [1.165, 1.54) is 0 Å². The monoisotopic (exact) mass is 340 g/mol. The van der Waals surface area contributed by atoms with Crippen LogP contribution in [0.1, 0.15) is 16.1 Å². The molecule has 2 rings (SSSR count). The van der Waals surface area contributed by atoms with Crippen LogP contribution in [-0.2, 0) is 11.2 Å². The lowest BCUT2D eigenvalue weighted by Gasteiger charge is -2.21. The van der Waals surface area contributed by atoms with Crippen molar-refractivity contribution in [1.29, 1.82) is 0 Å². The van der Waals surface area contributed by atoms with E-state index in [1.807, 2.05) is 0 Å². The molecule has 0 aliphatic rings. The minimum Gasteiger partial charge on any atom is -0.479 e. The Hall–Kier alpha value is -2.65. The van der Waals surface area contributed by atoms with E-state index >= 15 is 0 Å². The van der Waals surface area contributed by atoms with Crippen molar-refractivity contribution in [3.05, 3.63) is 46.7 Å². The van der Waals surface area contributed by atoms with Crippen molar-refractivity contribution >= 4 is 23.5 Å². The van der Waals surface area contributed by atoms with Gasteiger partial charge in [-0.3, -0.25) is 4.79 Å². The van der Waals surface area contributed by atoms with E-state index in [4.69, 9.17) is 21.9 Å². The number of carbonyl (C=O) groups is 2. The van der Waals surface area contributed by atoms with Crippen molar-refractivity contribution in [1.82, 2.24) is 20.5 Å². The smallest absolute Gasteiger partial charge is 0.334 e. The van der Waals surface area contributed by atoms with Gasteiger partial charge in [0.2, 0.25) is 0 Å². The lowest BCUT2D eigenvalue weighted by atomic mass is 10.0. The molecule has 9 nitrogen and oxygen atoms in total. The molecule has 0 saturated carbocycles. The van der Waals surface area contributed by atoms with Crippen molar-refractivity contribution in [2.45, 2.75) is 18.6 Å². The number of rotatable bonds is 6. The highest BCUT2D eigenvalue weighted by Crippen LogP contribution is 2.18. The maximum absolute atomic E-state index is 12.0. The average molecular weight is 341 g/mol. The third-order valence-corrected chi connectivity index (χ3v) is 3.43. The van der Waals surface area contributed by atoms with Gasteiger partial charge in [0.15, 0.2) is 11.8 Å². The molecule has 4 N–H and O–H groups in total. The number of aliphatic carboxylic acids is 1. The standard InChI is InChI=1S/C13H13ClN4O5/c14-8-4-2-1-3-7(8)5-9(11(19)13(21)22)15-12(20)10-6-18(23)17-16-10/h1-4,6,9,11,19,23H,5H2,(H,15,20)(H,21,22). The zero-order valence-corrected chi connectivity index (χ0v) is 12.4. The second kappa shape index (κ2) is 7.07. The third kappa shape index (κ3) is 4.18. The number of carbonyl (C=O) groups excluding carboxylic acids is 1. The summed E-state index contributed by atoms with van der Waals surface area (Å²) in [6.45, 7) is 0. The van der Waals surface area contributed by atoms with Gasteiger partial charge in [-0.1, -0.05) is 34.6 Å². The number of benzene rings is 1. The first-order chi connectivity index (χ1) is 10.9. The lowest BCUT2D eigenvalue weighted by Crippen LogP contribution is -2.48. The maximum atomic E-state index is 12.0. The fourth-order valence-electron chi connectivity index (χ4n) is 1.92. The van der Waals surface area contributed by atoms with Crippen LogP contribution < -0.4 is 5.32 Å². The number of aliphatic hydroxyl groups is 1. The van der Waals surface area contributed by atoms with Crippen LogP contribution in [0, 0.1) is 0 Å². The Balaban J connectivity index is 2.19. The molecule has 0 spiro atoms. The van der Waals surface area contributed by atoms with Crippen LogP contribution >= 0.6 is 11.6 Å². The maximum Gasteiger partial charge on any atom is 0.334 e. The highest BCUT2D eigenvalue weighted by molar-refractivity contribution is 6.31. The summed E-state index contributed by atoms with van der Waals surface area (Å²) in [5.41, 5.74) is 0.333. The average Bonchev–Trinajstić information content (AvgIpc) is 2.94. The van der Waals surface area contributed by atoms with Crippen LogP contribution in [0.2, 0.25) is 5.02 Å². The molecule has 23 heavy (non-hydrogen) atoms. The predicted octanol–water partition coefficient (Wildman–Crippen LogP) is -0.0446. The van der Waals surface area contributed by atoms with Crippen LogP contribution in [-0.4, -0.2) is 54.6 Å². The van der Waals surface area contributed by atoms with Gasteiger partial charge in [0.1, 0.15) is 0 Å². The first-order valence-corrected chi connectivity index (χ1v) is 6.83. The van der Waals surface area contributed by atoms with E-state index in [2.05, 4.69) is 15.6 Å². The lowest BCUT2D eigenvalue weighted by molar-refractivity contribution is -0.148. The molecule has 0 saturated heterocycles. The predicted molar refractivity (Wildman–Crippen MR) is 77.3 cm³/mol. The number of aliphatic hydroxyl groups excluding tert-OH is 1. The highest BCUT2D eigenvalue weighted by atomic mass is 35.5. The van der Waals surface area contributed by atoms with Gasteiger partial charge >= 0.3 is 5.97 Å². The number of carboxylic acids is 1. The molecule has 0 aliphatic carbocycles. The van der Waals surface area contributed by atoms with Gasteiger partial charge in [-0.25, -0.2) is 4.79 Å². The summed E-state index contributed by atoms with van der Waals surface area (Å²) in [5, 5.41) is 37.1. The summed E-state index contributed by atoms with van der Waals surface area (Å²) in [4.78, 5) is 23.4. The Morgan fingerprint density at radius 2 is 2.04 bits per heavy atom. The summed E-state index contributed by atoms with van der Waals surface area (Å²) in [6, 6.07) is 5.51. The van der Waals surface area contributed by atoms with Crippen molar-refractivity contribution < 1.29 is 25.0 Å². The van der Waals surface area contributed by atoms with Crippen LogP contribution in [0.25, 0.3) is 0 Å². The number of nitrogens with one attached hydrogen (secondary N) is 1. The summed E-state index contributed by atoms with van der Waals surface area (Å²) >= 11 is 6.01. The van der Waals surface area contributed by atoms with E-state index in [-0.39, 0.29) is 12.1 Å². The fraction of sp³-hybridized carbons (Fsp3) is 0.231. The molecule has 2 unspecified atom stereocenters. The molecular formula is C13H13ClN4O5. The van der Waals surface area contributed by atoms with Gasteiger partial charge in [0.25, 0.3) is 5.91 Å². The van der Waals surface area contributed by atoms with Crippen LogP contribution in [0.15, 0.2) is 30.5 Å². The Morgan fingerprint density at radius 3 is 2.61 bits per heavy atom. The zero-order valence-electron chi connectivity index (χ0n) is 11.6. The normalized spacial score (nSPS) is 13.3. The Bertz CT molecular complexity index is 720. The van der Waals surface area contributed by atoms with Gasteiger partial charge in [-0.2, -0.15) is 0 Å². The van der Waals surface area contributed by atoms with Crippen LogP contribution in [0.3, 0.4) is 0 Å². The minimum absolute atomic E-state index is 0.00780. The van der Waals surface area contributed by atoms with Crippen molar-refractivity contribution in [2.24, 2.45) is 0 Å². The van der Waals surface area contributed by atoms with E-state index in [9.17, 15) is 14.7 Å². The van der Waals surface area contributed by atoms with Crippen LogP contribution in [0.4, 0.5) is 0 Å². The number of amides is 1. The van der Waals surface area contributed by atoms with Crippen molar-refractivity contribution in [2.75, 3.05) is 0 Å². The molecule has 1 aromatic heterocycles. The topological polar surface area (TPSA) is 138 Å². The summed E-state index contributed by atoms with van der Waals surface area (Å²) in [5.74, 6) is -2.28. The molecular weight excluding hydrogens is 328 g/mol. The molecule has 122 valence electrons. The first kappa shape index (κ1) is 16.7. The van der Waals surface area contributed by atoms with Gasteiger partial charge in [0.05, 0.1) is 12.2 Å². The molecule has 2 aromatic rings. The molecule has 1 heterocycles. The van der Waals surface area contributed by atoms with Gasteiger partial charge in [-0.05, 0) is 23.3 Å². The number of aromatic nitrogens is 3. The first-order valence-electron chi connectivity index (χ1n) is 6.45. The zero-order chi connectivity index (χ0) is 17.0. The number of hydrogen-bond donors (Lipinski definition) is 4. The fourth-order valence-corrected chi connectivity index (χ4v) is 2.13. The number of hydrogen-bond acceptors (Lipinski definition) is 6. The quantitative estimate of drug-likeness (QED) is 0.541. The Labute approximate surface area is 135 Å². The molecule has 2 atom stereocenters. The second-order valence-corrected chi connectivity index (χ2v) is 5.09. The van der Waals surface area contributed by atoms with Gasteiger partial charge in [0, 0.05) is 5.02 Å². The number of carboxylic acid groups (broad SMARTS) is 1. The second-order valence-electron chi connectivity index (χ2n) is 4.68. The Morgan fingerprint density at radius 1 is 1.35 bits per heavy atom. The van der Waals surface area contributed by atoms with Gasteiger partial charge < -0.3 is 20.7 Å². The SMILES string of the molecule is O=C(NC(Cc1ccccc1Cl)C(O)C(=O)O)c1cn(O)nn1. The largest absolute Gasteiger partial charge is 0.479 e. The molecule has 1 aromatic carbocycles. The third-order valence-electron chi connectivity index (χ3n) is 3.06. The van der Waals surface area contributed by atoms with E-state index in [0.717, 1.165) is 6.20 Å². The number of halogens is 1. The number of nitrogens with zero attached hydrogens (tertiary/aromatic N) is 3. The Kier molecular flexibility index (Phi) is 5.14. The van der Waals surface area contributed by atoms with E-state index in [1.54, 1.807) is 24.3 Å². The van der Waals surface area contributed by atoms with Crippen molar-refractivity contribution in [3.8, 4) is 0 Å². The van der Waals surface area contributed by atoms with Crippen molar-refractivity contribution in [3.63, 3.8) is 0 Å². The molecule has 10 heteroatoms. The molecule has 0 radical (unpaired) electrons. The molecule has 0 bridgehead atoms. The summed E-state index contributed by atoms with van der Waals surface area (Å²) in [6.07, 6.45) is -0.916. The van der Waals surface area contributed by atoms with Gasteiger partial charge in [-0.15, -0.1) is 5.10 Å². The minimum atomic E-state index is -1.85. The molecule has 0 fully saturated rings. The van der Waals surface area contributed by atoms with Crippen LogP contribution in [0.5, 0.6) is 0 Å². The van der Waals surface area contributed by atoms with E-state index < -0.39 is 24.0 Å². The highest BCUT2D eigenvalue weighted by Gasteiger charge is 2.29.